The van der Waals surface area contributed by atoms with Gasteiger partial charge >= 0.3 is 6.09 Å². The predicted octanol–water partition coefficient (Wildman–Crippen LogP) is 1.24. The lowest BCUT2D eigenvalue weighted by Gasteiger charge is -2.31. The first kappa shape index (κ1) is 16.8. The number of carbonyl (C=O) groups excluding carboxylic acids is 1. The Bertz CT molecular complexity index is 361. The molecule has 1 heterocycles. The van der Waals surface area contributed by atoms with Gasteiger partial charge in [-0.2, -0.15) is 0 Å². The van der Waals surface area contributed by atoms with Crippen molar-refractivity contribution in [3.8, 4) is 0 Å². The number of nitrogens with zero attached hydrogens (tertiary/aromatic N) is 2. The third kappa shape index (κ3) is 5.36. The van der Waals surface area contributed by atoms with Gasteiger partial charge in [-0.05, 0) is 26.7 Å². The molecule has 0 radical (unpaired) electrons. The van der Waals surface area contributed by atoms with E-state index in [2.05, 4.69) is 10.3 Å². The molecule has 116 valence electrons. The molecule has 0 fully saturated rings. The summed E-state index contributed by atoms with van der Waals surface area (Å²) in [5.74, 6) is 1.02. The van der Waals surface area contributed by atoms with Crippen LogP contribution in [-0.2, 0) is 4.74 Å². The van der Waals surface area contributed by atoms with Crippen LogP contribution in [0.15, 0.2) is 4.99 Å². The molecule has 20 heavy (non-hydrogen) atoms. The van der Waals surface area contributed by atoms with Crippen LogP contribution in [0.3, 0.4) is 0 Å². The number of hydrogen-bond donors (Lipinski definition) is 2. The molecule has 0 aromatic heterocycles. The van der Waals surface area contributed by atoms with Gasteiger partial charge in [0.2, 0.25) is 0 Å². The van der Waals surface area contributed by atoms with Crippen LogP contribution in [0.2, 0.25) is 0 Å². The number of aliphatic imine (C=N–C) groups is 1. The lowest BCUT2D eigenvalue weighted by atomic mass is 10.1. The van der Waals surface area contributed by atoms with Crippen molar-refractivity contribution in [1.82, 2.24) is 10.2 Å². The van der Waals surface area contributed by atoms with Crippen molar-refractivity contribution in [1.29, 1.82) is 0 Å². The van der Waals surface area contributed by atoms with Gasteiger partial charge in [-0.1, -0.05) is 13.8 Å². The van der Waals surface area contributed by atoms with Crippen molar-refractivity contribution < 1.29 is 14.6 Å². The Morgan fingerprint density at radius 2 is 2.15 bits per heavy atom. The normalized spacial score (nSPS) is 17.8. The van der Waals surface area contributed by atoms with Crippen LogP contribution in [-0.4, -0.2) is 59.8 Å². The van der Waals surface area contributed by atoms with E-state index in [1.165, 1.54) is 0 Å². The fourth-order valence-electron chi connectivity index (χ4n) is 1.83. The van der Waals surface area contributed by atoms with E-state index in [-0.39, 0.29) is 18.7 Å². The Morgan fingerprint density at radius 1 is 1.50 bits per heavy atom. The predicted molar refractivity (Wildman–Crippen MR) is 79.0 cm³/mol. The van der Waals surface area contributed by atoms with Crippen LogP contribution in [0.4, 0.5) is 4.79 Å². The highest BCUT2D eigenvalue weighted by atomic mass is 16.6. The highest BCUT2D eigenvalue weighted by molar-refractivity contribution is 5.88. The van der Waals surface area contributed by atoms with Gasteiger partial charge in [-0.25, -0.2) is 4.79 Å². The fourth-order valence-corrected chi connectivity index (χ4v) is 1.83. The van der Waals surface area contributed by atoms with Crippen molar-refractivity contribution in [2.24, 2.45) is 10.9 Å². The Hall–Kier alpha value is -1.30. The molecule has 1 unspecified atom stereocenters. The quantitative estimate of drug-likeness (QED) is 0.818. The highest BCUT2D eigenvalue weighted by Crippen LogP contribution is 2.11. The molecule has 1 amide bonds. The van der Waals surface area contributed by atoms with Crippen molar-refractivity contribution in [2.45, 2.75) is 46.3 Å². The van der Waals surface area contributed by atoms with Crippen molar-refractivity contribution in [3.05, 3.63) is 0 Å². The summed E-state index contributed by atoms with van der Waals surface area (Å²) in [4.78, 5) is 18.0. The van der Waals surface area contributed by atoms with E-state index in [1.54, 1.807) is 4.90 Å². The van der Waals surface area contributed by atoms with Gasteiger partial charge in [0.15, 0.2) is 0 Å². The van der Waals surface area contributed by atoms with E-state index in [0.717, 1.165) is 5.84 Å². The maximum absolute atomic E-state index is 12.0. The van der Waals surface area contributed by atoms with Crippen LogP contribution in [0.1, 0.15) is 34.6 Å². The number of aliphatic hydroxyl groups is 1. The van der Waals surface area contributed by atoms with E-state index in [1.807, 2.05) is 34.6 Å². The van der Waals surface area contributed by atoms with Gasteiger partial charge < -0.3 is 15.2 Å². The van der Waals surface area contributed by atoms with E-state index < -0.39 is 5.60 Å². The molecule has 0 bridgehead atoms. The first-order valence-electron chi connectivity index (χ1n) is 7.11. The average Bonchev–Trinajstić information content (AvgIpc) is 2.34. The maximum atomic E-state index is 12.0. The summed E-state index contributed by atoms with van der Waals surface area (Å²) in [5, 5.41) is 12.5. The third-order valence-electron chi connectivity index (χ3n) is 3.02. The van der Waals surface area contributed by atoms with Crippen molar-refractivity contribution in [3.63, 3.8) is 0 Å². The van der Waals surface area contributed by atoms with Crippen LogP contribution in [0.25, 0.3) is 0 Å². The van der Waals surface area contributed by atoms with E-state index >= 15 is 0 Å². The molecule has 0 aromatic carbocycles. The van der Waals surface area contributed by atoms with E-state index in [0.29, 0.717) is 25.6 Å². The summed E-state index contributed by atoms with van der Waals surface area (Å²) < 4.78 is 5.36. The number of amidine groups is 1. The zero-order valence-electron chi connectivity index (χ0n) is 13.1. The number of ether oxygens (including phenoxy) is 1. The molecule has 1 atom stereocenters. The van der Waals surface area contributed by atoms with E-state index in [4.69, 9.17) is 4.74 Å². The fraction of sp³-hybridized carbons (Fsp3) is 0.857. The second-order valence-corrected chi connectivity index (χ2v) is 6.41. The molecule has 0 aliphatic carbocycles. The van der Waals surface area contributed by atoms with Gasteiger partial charge in [-0.3, -0.25) is 9.89 Å². The zero-order valence-corrected chi connectivity index (χ0v) is 13.1. The number of aliphatic hydroxyl groups excluding tert-OH is 1. The molecule has 2 N–H and O–H groups in total. The number of carbonyl (C=O) groups is 1. The molecular weight excluding hydrogens is 258 g/mol. The van der Waals surface area contributed by atoms with Gasteiger partial charge in [-0.15, -0.1) is 0 Å². The molecule has 6 heteroatoms. The Morgan fingerprint density at radius 3 is 2.65 bits per heavy atom. The summed E-state index contributed by atoms with van der Waals surface area (Å²) in [6, 6.07) is -0.0488. The van der Waals surface area contributed by atoms with Gasteiger partial charge in [0.05, 0.1) is 25.7 Å². The maximum Gasteiger partial charge on any atom is 0.410 e. The minimum atomic E-state index is -0.495. The second-order valence-electron chi connectivity index (χ2n) is 6.41. The molecule has 0 spiro atoms. The topological polar surface area (TPSA) is 74.2 Å². The number of rotatable bonds is 3. The molecular formula is C14H27N3O3. The van der Waals surface area contributed by atoms with Crippen LogP contribution in [0, 0.1) is 5.92 Å². The molecule has 6 nitrogen and oxygen atoms in total. The first-order valence-corrected chi connectivity index (χ1v) is 7.11. The van der Waals surface area contributed by atoms with Crippen LogP contribution < -0.4 is 5.32 Å². The van der Waals surface area contributed by atoms with Gasteiger partial charge in [0, 0.05) is 6.54 Å². The molecule has 0 saturated heterocycles. The average molecular weight is 285 g/mol. The summed E-state index contributed by atoms with van der Waals surface area (Å²) in [6.07, 6.45) is -0.322. The number of amides is 1. The monoisotopic (exact) mass is 285 g/mol. The molecule has 0 saturated carbocycles. The summed E-state index contributed by atoms with van der Waals surface area (Å²) in [5.41, 5.74) is -0.495. The lowest BCUT2D eigenvalue weighted by molar-refractivity contribution is 0.0275. The standard InChI is InChI=1S/C14H27N3O3/c1-10(2)11(9-18)16-12-8-17(7-6-15-12)13(19)20-14(3,4)5/h10-11,18H,6-9H2,1-5H3,(H,15,16). The Balaban J connectivity index is 2.58. The first-order chi connectivity index (χ1) is 9.23. The summed E-state index contributed by atoms with van der Waals surface area (Å²) in [7, 11) is 0. The van der Waals surface area contributed by atoms with Crippen LogP contribution >= 0.6 is 0 Å². The zero-order chi connectivity index (χ0) is 15.3. The van der Waals surface area contributed by atoms with E-state index in [9.17, 15) is 9.90 Å². The molecule has 1 aliphatic rings. The third-order valence-corrected chi connectivity index (χ3v) is 3.02. The van der Waals surface area contributed by atoms with Crippen LogP contribution in [0.5, 0.6) is 0 Å². The van der Waals surface area contributed by atoms with Crippen molar-refractivity contribution >= 4 is 11.9 Å². The van der Waals surface area contributed by atoms with Crippen molar-refractivity contribution in [2.75, 3.05) is 26.2 Å². The smallest absolute Gasteiger partial charge is 0.410 e. The summed E-state index contributed by atoms with van der Waals surface area (Å²) >= 11 is 0. The minimum Gasteiger partial charge on any atom is -0.444 e. The molecule has 0 aromatic rings. The second kappa shape index (κ2) is 6.92. The minimum absolute atomic E-state index is 0.0448. The number of hydrogen-bond acceptors (Lipinski definition) is 5. The highest BCUT2D eigenvalue weighted by Gasteiger charge is 2.26. The lowest BCUT2D eigenvalue weighted by Crippen LogP contribution is -2.51. The number of nitrogens with one attached hydrogen (secondary N) is 1. The SMILES string of the molecule is CC(C)C(CO)NC1=NCCN(C(=O)OC(C)(C)C)C1. The largest absolute Gasteiger partial charge is 0.444 e. The molecule has 1 rings (SSSR count). The molecule has 1 aliphatic heterocycles. The Kier molecular flexibility index (Phi) is 5.80. The van der Waals surface area contributed by atoms with Gasteiger partial charge in [0.25, 0.3) is 0 Å². The summed E-state index contributed by atoms with van der Waals surface area (Å²) in [6.45, 7) is 11.2. The van der Waals surface area contributed by atoms with Gasteiger partial charge in [0.1, 0.15) is 11.4 Å². The Labute approximate surface area is 121 Å².